The molecule has 0 saturated carbocycles. The van der Waals surface area contributed by atoms with E-state index >= 15 is 0 Å². The van der Waals surface area contributed by atoms with Crippen molar-refractivity contribution in [2.45, 2.75) is 18.9 Å². The number of piperidine rings is 1. The maximum atomic E-state index is 12.9. The first-order valence-corrected chi connectivity index (χ1v) is 11.1. The minimum absolute atomic E-state index is 0.0555. The van der Waals surface area contributed by atoms with Crippen molar-refractivity contribution < 1.29 is 14.3 Å². The maximum absolute atomic E-state index is 12.9. The van der Waals surface area contributed by atoms with Gasteiger partial charge in [0, 0.05) is 50.5 Å². The number of hydrogen-bond acceptors (Lipinski definition) is 6. The minimum atomic E-state index is -0.179. The highest BCUT2D eigenvalue weighted by molar-refractivity contribution is 6.30. The molecule has 4 rings (SSSR count). The number of carbonyl (C=O) groups is 2. The van der Waals surface area contributed by atoms with Crippen LogP contribution >= 0.6 is 11.6 Å². The highest BCUT2D eigenvalue weighted by atomic mass is 35.5. The quantitative estimate of drug-likeness (QED) is 0.661. The van der Waals surface area contributed by atoms with E-state index < -0.39 is 0 Å². The van der Waals surface area contributed by atoms with E-state index in [4.69, 9.17) is 16.3 Å². The smallest absolute Gasteiger partial charge is 0.325 e. The lowest BCUT2D eigenvalue weighted by molar-refractivity contribution is -0.134. The molecule has 1 aromatic carbocycles. The van der Waals surface area contributed by atoms with Crippen molar-refractivity contribution in [3.8, 4) is 5.88 Å². The van der Waals surface area contributed by atoms with Crippen LogP contribution in [0, 0.1) is 0 Å². The van der Waals surface area contributed by atoms with Crippen LogP contribution in [-0.4, -0.2) is 84.9 Å². The second-order valence-electron chi connectivity index (χ2n) is 8.18. The first-order chi connectivity index (χ1) is 15.4. The fraction of sp³-hybridized carbons (Fsp3) is 0.455. The molecule has 0 bridgehead atoms. The lowest BCUT2D eigenvalue weighted by Crippen LogP contribution is -2.48. The van der Waals surface area contributed by atoms with Gasteiger partial charge >= 0.3 is 6.03 Å². The standard InChI is InChI=1S/C22H27ClN6O3/c1-26(2)19-8-9-20(25-24-19)32-18-7-4-10-27(14-18)21(30)15-28-11-12-29(22(28)31)17-6-3-5-16(23)13-17/h3,5-6,8-9,13,18H,4,7,10-12,14-15H2,1-2H3. The third-order valence-electron chi connectivity index (χ3n) is 5.64. The van der Waals surface area contributed by atoms with Crippen LogP contribution in [0.15, 0.2) is 36.4 Å². The van der Waals surface area contributed by atoms with Gasteiger partial charge in [0.2, 0.25) is 11.8 Å². The highest BCUT2D eigenvalue weighted by Gasteiger charge is 2.33. The molecule has 2 saturated heterocycles. The highest BCUT2D eigenvalue weighted by Crippen LogP contribution is 2.24. The third kappa shape index (κ3) is 5.04. The van der Waals surface area contributed by atoms with E-state index in [9.17, 15) is 9.59 Å². The number of likely N-dealkylation sites (tertiary alicyclic amines) is 1. The molecular formula is C22H27ClN6O3. The van der Waals surface area contributed by atoms with Crippen molar-refractivity contribution in [2.24, 2.45) is 0 Å². The average molecular weight is 459 g/mol. The summed E-state index contributed by atoms with van der Waals surface area (Å²) in [6, 6.07) is 10.6. The summed E-state index contributed by atoms with van der Waals surface area (Å²) in [6.45, 7) is 2.21. The summed E-state index contributed by atoms with van der Waals surface area (Å²) in [7, 11) is 3.79. The molecule has 3 heterocycles. The SMILES string of the molecule is CN(C)c1ccc(OC2CCCN(C(=O)CN3CCN(c4cccc(Cl)c4)C3=O)C2)nn1. The van der Waals surface area contributed by atoms with Crippen LogP contribution < -0.4 is 14.5 Å². The zero-order valence-corrected chi connectivity index (χ0v) is 19.0. The summed E-state index contributed by atoms with van der Waals surface area (Å²) in [5.41, 5.74) is 0.741. The van der Waals surface area contributed by atoms with Crippen molar-refractivity contribution in [3.05, 3.63) is 41.4 Å². The van der Waals surface area contributed by atoms with Gasteiger partial charge in [-0.05, 0) is 37.1 Å². The average Bonchev–Trinajstić information content (AvgIpc) is 3.14. The number of aromatic nitrogens is 2. The Bertz CT molecular complexity index is 970. The van der Waals surface area contributed by atoms with Gasteiger partial charge in [-0.15, -0.1) is 10.2 Å². The summed E-state index contributed by atoms with van der Waals surface area (Å²) >= 11 is 6.05. The number of halogens is 1. The summed E-state index contributed by atoms with van der Waals surface area (Å²) in [4.78, 5) is 32.6. The molecule has 170 valence electrons. The number of amides is 3. The number of ether oxygens (including phenoxy) is 1. The van der Waals surface area contributed by atoms with Gasteiger partial charge in [0.1, 0.15) is 12.6 Å². The Morgan fingerprint density at radius 3 is 2.75 bits per heavy atom. The fourth-order valence-corrected chi connectivity index (χ4v) is 4.11. The van der Waals surface area contributed by atoms with Gasteiger partial charge in [0.05, 0.1) is 6.54 Å². The van der Waals surface area contributed by atoms with Gasteiger partial charge in [-0.3, -0.25) is 9.69 Å². The lowest BCUT2D eigenvalue weighted by Gasteiger charge is -2.33. The number of hydrogen-bond donors (Lipinski definition) is 0. The van der Waals surface area contributed by atoms with Crippen molar-refractivity contribution >= 4 is 35.0 Å². The summed E-state index contributed by atoms with van der Waals surface area (Å²) < 4.78 is 5.96. The Balaban J connectivity index is 1.32. The van der Waals surface area contributed by atoms with E-state index in [2.05, 4.69) is 10.2 Å². The number of nitrogens with zero attached hydrogens (tertiary/aromatic N) is 6. The summed E-state index contributed by atoms with van der Waals surface area (Å²) in [5.74, 6) is 1.12. The van der Waals surface area contributed by atoms with E-state index in [-0.39, 0.29) is 24.6 Å². The Morgan fingerprint density at radius 1 is 1.19 bits per heavy atom. The predicted octanol–water partition coefficient (Wildman–Crippen LogP) is 2.51. The van der Waals surface area contributed by atoms with Gasteiger partial charge in [-0.25, -0.2) is 4.79 Å². The number of carbonyl (C=O) groups excluding carboxylic acids is 2. The first kappa shape index (κ1) is 22.1. The summed E-state index contributed by atoms with van der Waals surface area (Å²) in [5, 5.41) is 8.81. The van der Waals surface area contributed by atoms with E-state index in [1.165, 1.54) is 0 Å². The molecule has 0 spiro atoms. The van der Waals surface area contributed by atoms with Crippen molar-refractivity contribution in [2.75, 3.05) is 56.6 Å². The minimum Gasteiger partial charge on any atom is -0.471 e. The second-order valence-corrected chi connectivity index (χ2v) is 8.62. The van der Waals surface area contributed by atoms with Crippen molar-refractivity contribution in [1.29, 1.82) is 0 Å². The van der Waals surface area contributed by atoms with Gasteiger partial charge in [-0.1, -0.05) is 17.7 Å². The zero-order chi connectivity index (χ0) is 22.7. The van der Waals surface area contributed by atoms with Crippen LogP contribution in [0.25, 0.3) is 0 Å². The van der Waals surface area contributed by atoms with Crippen molar-refractivity contribution in [3.63, 3.8) is 0 Å². The van der Waals surface area contributed by atoms with Gasteiger partial charge < -0.3 is 19.4 Å². The topological polar surface area (TPSA) is 82.1 Å². The normalized spacial score (nSPS) is 18.8. The van der Waals surface area contributed by atoms with Gasteiger partial charge in [0.15, 0.2) is 5.82 Å². The van der Waals surface area contributed by atoms with Crippen LogP contribution in [0.2, 0.25) is 5.02 Å². The fourth-order valence-electron chi connectivity index (χ4n) is 3.92. The molecule has 9 nitrogen and oxygen atoms in total. The molecule has 2 fully saturated rings. The predicted molar refractivity (Wildman–Crippen MR) is 122 cm³/mol. The Morgan fingerprint density at radius 2 is 2.03 bits per heavy atom. The molecular weight excluding hydrogens is 432 g/mol. The van der Waals surface area contributed by atoms with Crippen LogP contribution in [0.1, 0.15) is 12.8 Å². The van der Waals surface area contributed by atoms with Gasteiger partial charge in [-0.2, -0.15) is 0 Å². The monoisotopic (exact) mass is 458 g/mol. The molecule has 1 aromatic heterocycles. The largest absolute Gasteiger partial charge is 0.471 e. The van der Waals surface area contributed by atoms with E-state index in [1.54, 1.807) is 32.9 Å². The van der Waals surface area contributed by atoms with Crippen LogP contribution in [0.5, 0.6) is 5.88 Å². The lowest BCUT2D eigenvalue weighted by atomic mass is 10.1. The van der Waals surface area contributed by atoms with Crippen LogP contribution in [0.4, 0.5) is 16.3 Å². The molecule has 0 N–H and O–H groups in total. The van der Waals surface area contributed by atoms with Gasteiger partial charge in [0.25, 0.3) is 0 Å². The van der Waals surface area contributed by atoms with E-state index in [1.807, 2.05) is 37.2 Å². The number of anilines is 2. The first-order valence-electron chi connectivity index (χ1n) is 10.7. The molecule has 2 aliphatic heterocycles. The Kier molecular flexibility index (Phi) is 6.64. The zero-order valence-electron chi connectivity index (χ0n) is 18.3. The molecule has 2 aromatic rings. The molecule has 32 heavy (non-hydrogen) atoms. The molecule has 3 amide bonds. The molecule has 0 aliphatic carbocycles. The van der Waals surface area contributed by atoms with E-state index in [0.29, 0.717) is 37.1 Å². The molecule has 10 heteroatoms. The Labute approximate surface area is 192 Å². The molecule has 2 aliphatic rings. The molecule has 0 radical (unpaired) electrons. The third-order valence-corrected chi connectivity index (χ3v) is 5.88. The van der Waals surface area contributed by atoms with E-state index in [0.717, 1.165) is 24.3 Å². The maximum Gasteiger partial charge on any atom is 0.325 e. The van der Waals surface area contributed by atoms with Crippen LogP contribution in [0.3, 0.4) is 0 Å². The number of rotatable bonds is 6. The van der Waals surface area contributed by atoms with Crippen molar-refractivity contribution in [1.82, 2.24) is 20.0 Å². The Hall–Kier alpha value is -3.07. The van der Waals surface area contributed by atoms with Crippen LogP contribution in [-0.2, 0) is 4.79 Å². The summed E-state index contributed by atoms with van der Waals surface area (Å²) in [6.07, 6.45) is 1.53. The molecule has 1 atom stereocenters. The second kappa shape index (κ2) is 9.60. The number of benzene rings is 1. The number of urea groups is 1. The molecule has 1 unspecified atom stereocenters.